The summed E-state index contributed by atoms with van der Waals surface area (Å²) < 4.78 is 99.3. The molecule has 1 aliphatic carbocycles. The van der Waals surface area contributed by atoms with Gasteiger partial charge in [0.2, 0.25) is 5.89 Å². The van der Waals surface area contributed by atoms with Crippen LogP contribution in [0.3, 0.4) is 0 Å². The molecule has 1 saturated carbocycles. The van der Waals surface area contributed by atoms with Gasteiger partial charge < -0.3 is 29.7 Å². The smallest absolute Gasteiger partial charge is 0.405 e. The predicted molar refractivity (Wildman–Crippen MR) is 144 cm³/mol. The molecule has 1 aliphatic rings. The van der Waals surface area contributed by atoms with Crippen molar-refractivity contribution in [2.24, 2.45) is 16.8 Å². The number of ether oxygens (including phenoxy) is 3. The Morgan fingerprint density at radius 3 is 2.42 bits per heavy atom. The third-order valence-electron chi connectivity index (χ3n) is 6.16. The molecular weight excluding hydrogens is 634 g/mol. The number of halogens is 4. The summed E-state index contributed by atoms with van der Waals surface area (Å²) in [5.74, 6) is -6.15. The number of nitrogens with one attached hydrogen (secondary N) is 2. The first-order valence-electron chi connectivity index (χ1n) is 12.9. The van der Waals surface area contributed by atoms with Gasteiger partial charge in [-0.25, -0.2) is 28.4 Å². The molecule has 0 spiro atoms. The number of nitrogens with two attached hydrogens (primary N) is 2. The van der Waals surface area contributed by atoms with Crippen molar-refractivity contribution >= 4 is 28.1 Å². The number of primary amides is 1. The number of nitrogens with zero attached hydrogens (tertiary/aromatic N) is 1. The number of benzene rings is 2. The standard InChI is InChI=1S/C26H25F4N5O9S/c1-11(42-26(31)38)21-20(22(36)33-19(23(37)35-45(32,39)40)15-6-5-14(27)9-16(15)28)34-24(44-21)13-4-7-17(43-25(29)30)18(8-13)41-10-12-2-3-12/h4-9,11-12,19,25H,2-3,10H2,1H3,(H2,31,38)(H,33,36)(H,35,37)(H2,32,39,40). The van der Waals surface area contributed by atoms with E-state index in [1.807, 2.05) is 0 Å². The van der Waals surface area contributed by atoms with Gasteiger partial charge in [-0.3, -0.25) is 9.59 Å². The minimum Gasteiger partial charge on any atom is -0.489 e. The van der Waals surface area contributed by atoms with E-state index in [2.05, 4.69) is 15.0 Å². The molecule has 19 heteroatoms. The highest BCUT2D eigenvalue weighted by Gasteiger charge is 2.33. The fourth-order valence-electron chi connectivity index (χ4n) is 3.98. The summed E-state index contributed by atoms with van der Waals surface area (Å²) in [6, 6.07) is 3.41. The van der Waals surface area contributed by atoms with Gasteiger partial charge in [-0.1, -0.05) is 6.07 Å². The number of oxazole rings is 1. The van der Waals surface area contributed by atoms with Crippen LogP contribution in [0.1, 0.15) is 53.7 Å². The lowest BCUT2D eigenvalue weighted by atomic mass is 10.0. The van der Waals surface area contributed by atoms with Crippen molar-refractivity contribution in [2.75, 3.05) is 6.61 Å². The van der Waals surface area contributed by atoms with Crippen LogP contribution < -0.4 is 30.4 Å². The summed E-state index contributed by atoms with van der Waals surface area (Å²) in [5, 5.41) is 6.92. The van der Waals surface area contributed by atoms with Gasteiger partial charge in [0.25, 0.3) is 22.0 Å². The zero-order valence-electron chi connectivity index (χ0n) is 23.1. The molecule has 0 radical (unpaired) electrons. The third kappa shape index (κ3) is 8.82. The van der Waals surface area contributed by atoms with Crippen LogP contribution in [-0.4, -0.2) is 44.5 Å². The summed E-state index contributed by atoms with van der Waals surface area (Å²) in [7, 11) is -4.71. The van der Waals surface area contributed by atoms with Crippen molar-refractivity contribution in [3.8, 4) is 23.0 Å². The molecular formula is C26H25F4N5O9S. The molecule has 1 heterocycles. The number of alkyl halides is 2. The van der Waals surface area contributed by atoms with E-state index in [1.165, 1.54) is 23.8 Å². The molecule has 1 aromatic heterocycles. The second-order valence-corrected chi connectivity index (χ2v) is 11.0. The molecule has 0 bridgehead atoms. The van der Waals surface area contributed by atoms with Crippen molar-refractivity contribution in [3.63, 3.8) is 0 Å². The maximum absolute atomic E-state index is 14.7. The van der Waals surface area contributed by atoms with E-state index in [-0.39, 0.29) is 35.5 Å². The number of carbonyl (C=O) groups is 3. The topological polar surface area (TPSA) is 215 Å². The van der Waals surface area contributed by atoms with Crippen molar-refractivity contribution in [3.05, 3.63) is 65.1 Å². The van der Waals surface area contributed by atoms with Crippen LogP contribution in [0.4, 0.5) is 22.4 Å². The van der Waals surface area contributed by atoms with E-state index >= 15 is 0 Å². The Bertz CT molecular complexity index is 1720. The molecule has 1 fully saturated rings. The van der Waals surface area contributed by atoms with Crippen LogP contribution in [0.15, 0.2) is 40.8 Å². The maximum Gasteiger partial charge on any atom is 0.405 e. The fourth-order valence-corrected chi connectivity index (χ4v) is 4.38. The minimum atomic E-state index is -4.71. The number of aromatic nitrogens is 1. The average molecular weight is 660 g/mol. The Morgan fingerprint density at radius 2 is 1.82 bits per heavy atom. The first-order chi connectivity index (χ1) is 21.1. The lowest BCUT2D eigenvalue weighted by Crippen LogP contribution is -2.45. The maximum atomic E-state index is 14.7. The highest BCUT2D eigenvalue weighted by molar-refractivity contribution is 7.87. The van der Waals surface area contributed by atoms with E-state index in [0.29, 0.717) is 6.07 Å². The van der Waals surface area contributed by atoms with E-state index in [0.717, 1.165) is 31.0 Å². The van der Waals surface area contributed by atoms with Crippen LogP contribution in [0.2, 0.25) is 0 Å². The monoisotopic (exact) mass is 659 g/mol. The molecule has 3 aromatic rings. The Kier molecular flexibility index (Phi) is 9.81. The van der Waals surface area contributed by atoms with E-state index < -0.39 is 75.5 Å². The molecule has 2 atom stereocenters. The van der Waals surface area contributed by atoms with Gasteiger partial charge in [-0.05, 0) is 49.9 Å². The van der Waals surface area contributed by atoms with Gasteiger partial charge in [-0.2, -0.15) is 17.2 Å². The molecule has 4 rings (SSSR count). The quantitative estimate of drug-likeness (QED) is 0.197. The molecule has 0 aliphatic heterocycles. The zero-order valence-corrected chi connectivity index (χ0v) is 23.9. The van der Waals surface area contributed by atoms with Crippen molar-refractivity contribution < 1.29 is 59.0 Å². The van der Waals surface area contributed by atoms with Crippen LogP contribution in [0.5, 0.6) is 11.5 Å². The third-order valence-corrected chi connectivity index (χ3v) is 6.65. The van der Waals surface area contributed by atoms with Crippen LogP contribution >= 0.6 is 0 Å². The Balaban J connectivity index is 1.75. The van der Waals surface area contributed by atoms with Gasteiger partial charge in [-0.15, -0.1) is 0 Å². The summed E-state index contributed by atoms with van der Waals surface area (Å²) in [6.07, 6.45) is -0.893. The van der Waals surface area contributed by atoms with E-state index in [1.54, 1.807) is 0 Å². The number of carbonyl (C=O) groups excluding carboxylic acids is 3. The normalized spacial score (nSPS) is 14.4. The molecule has 2 unspecified atom stereocenters. The van der Waals surface area contributed by atoms with Crippen molar-refractivity contribution in [1.82, 2.24) is 15.0 Å². The van der Waals surface area contributed by atoms with E-state index in [9.17, 15) is 40.4 Å². The number of hydrogen-bond acceptors (Lipinski definition) is 10. The molecule has 3 amide bonds. The first kappa shape index (κ1) is 33.0. The Morgan fingerprint density at radius 1 is 1.11 bits per heavy atom. The van der Waals surface area contributed by atoms with Gasteiger partial charge in [0.1, 0.15) is 17.7 Å². The lowest BCUT2D eigenvalue weighted by molar-refractivity contribution is -0.121. The summed E-state index contributed by atoms with van der Waals surface area (Å²) in [4.78, 5) is 41.8. The Labute approximate surface area is 252 Å². The summed E-state index contributed by atoms with van der Waals surface area (Å²) >= 11 is 0. The SMILES string of the molecule is CC(OC(N)=O)c1oc(-c2ccc(OC(F)F)c(OCC3CC3)c2)nc1C(=O)NC(C(=O)NS(N)(=O)=O)c1ccc(F)cc1F. The molecule has 14 nitrogen and oxygen atoms in total. The highest BCUT2D eigenvalue weighted by atomic mass is 32.2. The fraction of sp³-hybridized carbons (Fsp3) is 0.308. The van der Waals surface area contributed by atoms with Gasteiger partial charge >= 0.3 is 12.7 Å². The molecule has 242 valence electrons. The predicted octanol–water partition coefficient (Wildman–Crippen LogP) is 2.96. The second-order valence-electron chi connectivity index (χ2n) is 9.69. The minimum absolute atomic E-state index is 0.0714. The summed E-state index contributed by atoms with van der Waals surface area (Å²) in [6.45, 7) is -1.72. The van der Waals surface area contributed by atoms with Crippen molar-refractivity contribution in [2.45, 2.75) is 38.5 Å². The number of rotatable bonds is 13. The van der Waals surface area contributed by atoms with E-state index in [4.69, 9.17) is 24.8 Å². The molecule has 45 heavy (non-hydrogen) atoms. The zero-order chi connectivity index (χ0) is 33.1. The number of amides is 3. The van der Waals surface area contributed by atoms with Crippen LogP contribution in [0.25, 0.3) is 11.5 Å². The van der Waals surface area contributed by atoms with Crippen LogP contribution in [0, 0.1) is 17.6 Å². The van der Waals surface area contributed by atoms with Crippen LogP contribution in [-0.2, 0) is 19.7 Å². The largest absolute Gasteiger partial charge is 0.489 e. The Hall–Kier alpha value is -4.91. The summed E-state index contributed by atoms with van der Waals surface area (Å²) in [5.41, 5.74) is 3.85. The molecule has 6 N–H and O–H groups in total. The van der Waals surface area contributed by atoms with Gasteiger partial charge in [0.15, 0.2) is 29.1 Å². The van der Waals surface area contributed by atoms with Gasteiger partial charge in [0, 0.05) is 17.2 Å². The molecule has 2 aromatic carbocycles. The second kappa shape index (κ2) is 13.4. The lowest BCUT2D eigenvalue weighted by Gasteiger charge is -2.19. The average Bonchev–Trinajstić information content (AvgIpc) is 3.64. The van der Waals surface area contributed by atoms with Gasteiger partial charge in [0.05, 0.1) is 6.61 Å². The highest BCUT2D eigenvalue weighted by Crippen LogP contribution is 2.37. The first-order valence-corrected chi connectivity index (χ1v) is 14.4. The molecule has 0 saturated heterocycles. The number of hydrogen-bond donors (Lipinski definition) is 4. The van der Waals surface area contributed by atoms with Crippen molar-refractivity contribution in [1.29, 1.82) is 0 Å².